The number of ether oxygens (including phenoxy) is 3. The Kier molecular flexibility index (Phi) is 5.85. The van der Waals surface area contributed by atoms with Gasteiger partial charge >= 0.3 is 0 Å². The summed E-state index contributed by atoms with van der Waals surface area (Å²) < 4.78 is 16.8. The smallest absolute Gasteiger partial charge is 0.157 e. The van der Waals surface area contributed by atoms with Crippen LogP contribution in [-0.4, -0.2) is 54.6 Å². The van der Waals surface area contributed by atoms with Crippen LogP contribution < -0.4 is 0 Å². The molecule has 0 bridgehead atoms. The maximum atomic E-state index is 9.67. The highest BCUT2D eigenvalue weighted by molar-refractivity contribution is 4.76. The topological polar surface area (TPSA) is 68.2 Å². The van der Waals surface area contributed by atoms with Gasteiger partial charge in [0.1, 0.15) is 0 Å². The summed E-state index contributed by atoms with van der Waals surface area (Å²) in [5.74, 6) is 0. The lowest BCUT2D eigenvalue weighted by molar-refractivity contribution is -0.173. The summed E-state index contributed by atoms with van der Waals surface area (Å²) in [5, 5.41) is 18.7. The predicted octanol–water partition coefficient (Wildman–Crippen LogP) is 0.820. The summed E-state index contributed by atoms with van der Waals surface area (Å²) in [6.45, 7) is 1.34. The zero-order valence-electron chi connectivity index (χ0n) is 10.8. The van der Waals surface area contributed by atoms with E-state index >= 15 is 0 Å². The van der Waals surface area contributed by atoms with Gasteiger partial charge in [-0.05, 0) is 32.1 Å². The average Bonchev–Trinajstić information content (AvgIpc) is 2.39. The third kappa shape index (κ3) is 4.48. The summed E-state index contributed by atoms with van der Waals surface area (Å²) in [6, 6.07) is 0. The van der Waals surface area contributed by atoms with Gasteiger partial charge in [-0.1, -0.05) is 0 Å². The molecule has 0 radical (unpaired) electrons. The van der Waals surface area contributed by atoms with Crippen molar-refractivity contribution in [1.82, 2.24) is 0 Å². The molecule has 0 amide bonds. The Morgan fingerprint density at radius 1 is 1.17 bits per heavy atom. The first-order chi connectivity index (χ1) is 8.78. The van der Waals surface area contributed by atoms with Crippen LogP contribution in [0.5, 0.6) is 0 Å². The Morgan fingerprint density at radius 2 is 2.00 bits per heavy atom. The summed E-state index contributed by atoms with van der Waals surface area (Å²) in [5.41, 5.74) is 0. The van der Waals surface area contributed by atoms with E-state index in [2.05, 4.69) is 0 Å². The number of rotatable bonds is 5. The van der Waals surface area contributed by atoms with Gasteiger partial charge in [-0.3, -0.25) is 0 Å². The fourth-order valence-corrected chi connectivity index (χ4v) is 2.56. The van der Waals surface area contributed by atoms with Crippen molar-refractivity contribution >= 4 is 0 Å². The monoisotopic (exact) mass is 260 g/mol. The fourth-order valence-electron chi connectivity index (χ4n) is 2.56. The molecule has 2 aliphatic rings. The molecule has 0 aromatic carbocycles. The first kappa shape index (κ1) is 14.2. The largest absolute Gasteiger partial charge is 0.394 e. The maximum absolute atomic E-state index is 9.67. The summed E-state index contributed by atoms with van der Waals surface area (Å²) in [6.07, 6.45) is 4.46. The Morgan fingerprint density at radius 3 is 2.72 bits per heavy atom. The van der Waals surface area contributed by atoms with Crippen molar-refractivity contribution in [1.29, 1.82) is 0 Å². The molecule has 2 N–H and O–H groups in total. The molecule has 106 valence electrons. The summed E-state index contributed by atoms with van der Waals surface area (Å²) >= 11 is 0. The van der Waals surface area contributed by atoms with Crippen LogP contribution in [-0.2, 0) is 14.2 Å². The Bertz CT molecular complexity index is 229. The van der Waals surface area contributed by atoms with E-state index < -0.39 is 0 Å². The van der Waals surface area contributed by atoms with E-state index in [0.29, 0.717) is 19.4 Å². The summed E-state index contributed by atoms with van der Waals surface area (Å²) in [4.78, 5) is 0. The minimum absolute atomic E-state index is 0.0190. The van der Waals surface area contributed by atoms with E-state index in [0.717, 1.165) is 32.3 Å². The van der Waals surface area contributed by atoms with E-state index in [1.807, 2.05) is 0 Å². The van der Waals surface area contributed by atoms with Crippen molar-refractivity contribution in [2.75, 3.05) is 19.8 Å². The molecular weight excluding hydrogens is 236 g/mol. The van der Waals surface area contributed by atoms with E-state index in [-0.39, 0.29) is 31.2 Å². The molecule has 0 spiro atoms. The van der Waals surface area contributed by atoms with Crippen molar-refractivity contribution in [3.05, 3.63) is 0 Å². The van der Waals surface area contributed by atoms with Gasteiger partial charge in [0.2, 0.25) is 0 Å². The van der Waals surface area contributed by atoms with Gasteiger partial charge < -0.3 is 24.4 Å². The highest BCUT2D eigenvalue weighted by atomic mass is 16.7. The summed E-state index contributed by atoms with van der Waals surface area (Å²) in [7, 11) is 0. The molecule has 2 saturated heterocycles. The van der Waals surface area contributed by atoms with Crippen LogP contribution in [0.4, 0.5) is 0 Å². The lowest BCUT2D eigenvalue weighted by Crippen LogP contribution is -2.38. The van der Waals surface area contributed by atoms with Crippen molar-refractivity contribution in [3.63, 3.8) is 0 Å². The van der Waals surface area contributed by atoms with E-state index in [4.69, 9.17) is 19.3 Å². The van der Waals surface area contributed by atoms with Crippen LogP contribution in [0.2, 0.25) is 0 Å². The van der Waals surface area contributed by atoms with E-state index in [1.54, 1.807) is 0 Å². The third-order valence-electron chi connectivity index (χ3n) is 3.54. The molecule has 5 heteroatoms. The van der Waals surface area contributed by atoms with Crippen molar-refractivity contribution in [2.45, 2.75) is 63.1 Å². The van der Waals surface area contributed by atoms with Crippen LogP contribution in [0, 0.1) is 0 Å². The number of aliphatic hydroxyl groups is 2. The van der Waals surface area contributed by atoms with Crippen LogP contribution in [0.15, 0.2) is 0 Å². The lowest BCUT2D eigenvalue weighted by atomic mass is 9.99. The lowest BCUT2D eigenvalue weighted by Gasteiger charge is -2.32. The number of aliphatic hydroxyl groups excluding tert-OH is 2. The highest BCUT2D eigenvalue weighted by Crippen LogP contribution is 2.22. The van der Waals surface area contributed by atoms with Gasteiger partial charge in [0, 0.05) is 13.0 Å². The molecule has 2 heterocycles. The predicted molar refractivity (Wildman–Crippen MR) is 65.1 cm³/mol. The molecule has 18 heavy (non-hydrogen) atoms. The first-order valence-electron chi connectivity index (χ1n) is 6.95. The van der Waals surface area contributed by atoms with Gasteiger partial charge in [0.05, 0.1) is 31.5 Å². The van der Waals surface area contributed by atoms with Crippen molar-refractivity contribution in [3.8, 4) is 0 Å². The molecule has 0 aromatic rings. The second-order valence-corrected chi connectivity index (χ2v) is 5.14. The molecule has 2 aliphatic heterocycles. The third-order valence-corrected chi connectivity index (χ3v) is 3.54. The molecule has 2 rings (SSSR count). The van der Waals surface area contributed by atoms with E-state index in [9.17, 15) is 5.11 Å². The molecular formula is C13H24O5. The average molecular weight is 260 g/mol. The quantitative estimate of drug-likeness (QED) is 0.766. The van der Waals surface area contributed by atoms with Gasteiger partial charge in [-0.25, -0.2) is 0 Å². The molecule has 0 saturated carbocycles. The van der Waals surface area contributed by atoms with Crippen LogP contribution >= 0.6 is 0 Å². The van der Waals surface area contributed by atoms with Gasteiger partial charge in [0.25, 0.3) is 0 Å². The SMILES string of the molecule is OC[C@@H]1C[C@H](O)C[C@H](CCOC2CCCCO2)O1. The van der Waals surface area contributed by atoms with Gasteiger partial charge in [-0.2, -0.15) is 0 Å². The molecule has 2 fully saturated rings. The first-order valence-corrected chi connectivity index (χ1v) is 6.95. The zero-order valence-corrected chi connectivity index (χ0v) is 10.8. The second-order valence-electron chi connectivity index (χ2n) is 5.14. The standard InChI is InChI=1S/C13H24O5/c14-9-12-8-10(15)7-11(18-12)4-6-17-13-3-1-2-5-16-13/h10-15H,1-9H2/t10-,11+,12+,13?/m1/s1. The molecule has 5 nitrogen and oxygen atoms in total. The minimum Gasteiger partial charge on any atom is -0.394 e. The highest BCUT2D eigenvalue weighted by Gasteiger charge is 2.28. The molecule has 0 aromatic heterocycles. The minimum atomic E-state index is -0.369. The van der Waals surface area contributed by atoms with Crippen molar-refractivity contribution in [2.24, 2.45) is 0 Å². The number of hydrogen-bond donors (Lipinski definition) is 2. The zero-order chi connectivity index (χ0) is 12.8. The second kappa shape index (κ2) is 7.40. The fraction of sp³-hybridized carbons (Fsp3) is 1.00. The molecule has 1 unspecified atom stereocenters. The van der Waals surface area contributed by atoms with Gasteiger partial charge in [0.15, 0.2) is 6.29 Å². The molecule has 4 atom stereocenters. The maximum Gasteiger partial charge on any atom is 0.157 e. The van der Waals surface area contributed by atoms with Crippen LogP contribution in [0.3, 0.4) is 0 Å². The molecule has 0 aliphatic carbocycles. The van der Waals surface area contributed by atoms with Crippen LogP contribution in [0.1, 0.15) is 38.5 Å². The number of hydrogen-bond acceptors (Lipinski definition) is 5. The van der Waals surface area contributed by atoms with Gasteiger partial charge in [-0.15, -0.1) is 0 Å². The Balaban J connectivity index is 1.63. The Labute approximate surface area is 108 Å². The van der Waals surface area contributed by atoms with Crippen LogP contribution in [0.25, 0.3) is 0 Å². The normalized spacial score (nSPS) is 37.7. The Hall–Kier alpha value is -0.200. The van der Waals surface area contributed by atoms with Crippen molar-refractivity contribution < 1.29 is 24.4 Å². The van der Waals surface area contributed by atoms with E-state index in [1.165, 1.54) is 0 Å².